The summed E-state index contributed by atoms with van der Waals surface area (Å²) >= 11 is 0. The molecular weight excluding hydrogens is 220 g/mol. The van der Waals surface area contributed by atoms with Gasteiger partial charge in [-0.1, -0.05) is 0 Å². The molecule has 2 aromatic rings. The number of benzene rings is 1. The molecule has 0 N–H and O–H groups in total. The number of ether oxygens (including phenoxy) is 2. The number of rotatable bonds is 3. The largest absolute Gasteiger partial charge is 0.497 e. The Hall–Kier alpha value is -2.24. The molecule has 0 bridgehead atoms. The standard InChI is InChI=1S/C11H12N4O2/c1-7-12-14-11(15-13-7)9-6-8(16-2)4-5-10(9)17-3/h4-6H,1-3H3. The van der Waals surface area contributed by atoms with Crippen molar-refractivity contribution in [2.75, 3.05) is 14.2 Å². The van der Waals surface area contributed by atoms with Crippen molar-refractivity contribution in [1.82, 2.24) is 20.4 Å². The van der Waals surface area contributed by atoms with E-state index in [9.17, 15) is 0 Å². The van der Waals surface area contributed by atoms with Gasteiger partial charge in [-0.25, -0.2) is 0 Å². The Balaban J connectivity index is 2.51. The van der Waals surface area contributed by atoms with Crippen LogP contribution in [0.15, 0.2) is 18.2 Å². The van der Waals surface area contributed by atoms with E-state index in [2.05, 4.69) is 20.4 Å². The Morgan fingerprint density at radius 3 is 2.24 bits per heavy atom. The third-order valence-corrected chi connectivity index (χ3v) is 2.23. The quantitative estimate of drug-likeness (QED) is 0.793. The molecule has 0 aliphatic carbocycles. The maximum atomic E-state index is 5.24. The Morgan fingerprint density at radius 1 is 0.941 bits per heavy atom. The Kier molecular flexibility index (Phi) is 3.13. The van der Waals surface area contributed by atoms with Crippen LogP contribution in [0.3, 0.4) is 0 Å². The van der Waals surface area contributed by atoms with Crippen LogP contribution in [0.5, 0.6) is 11.5 Å². The summed E-state index contributed by atoms with van der Waals surface area (Å²) < 4.78 is 10.4. The monoisotopic (exact) mass is 232 g/mol. The fraction of sp³-hybridized carbons (Fsp3) is 0.273. The smallest absolute Gasteiger partial charge is 0.207 e. The summed E-state index contributed by atoms with van der Waals surface area (Å²) in [5.41, 5.74) is 0.701. The molecule has 2 rings (SSSR count). The molecular formula is C11H12N4O2. The van der Waals surface area contributed by atoms with Crippen LogP contribution < -0.4 is 9.47 Å². The van der Waals surface area contributed by atoms with Crippen molar-refractivity contribution in [1.29, 1.82) is 0 Å². The first-order chi connectivity index (χ1) is 8.24. The number of aryl methyl sites for hydroxylation is 1. The van der Waals surface area contributed by atoms with E-state index in [-0.39, 0.29) is 0 Å². The number of nitrogens with zero attached hydrogens (tertiary/aromatic N) is 4. The van der Waals surface area contributed by atoms with E-state index in [0.29, 0.717) is 28.7 Å². The molecule has 0 atom stereocenters. The predicted molar refractivity (Wildman–Crippen MR) is 60.9 cm³/mol. The first kappa shape index (κ1) is 11.3. The van der Waals surface area contributed by atoms with Crippen molar-refractivity contribution in [3.05, 3.63) is 24.0 Å². The van der Waals surface area contributed by atoms with Crippen LogP contribution in [-0.4, -0.2) is 34.6 Å². The molecule has 1 aromatic heterocycles. The lowest BCUT2D eigenvalue weighted by Crippen LogP contribution is -2.00. The van der Waals surface area contributed by atoms with E-state index < -0.39 is 0 Å². The average Bonchev–Trinajstić information content (AvgIpc) is 2.39. The predicted octanol–water partition coefficient (Wildman–Crippen LogP) is 1.26. The zero-order chi connectivity index (χ0) is 12.3. The van der Waals surface area contributed by atoms with Gasteiger partial charge in [0.15, 0.2) is 5.82 Å². The van der Waals surface area contributed by atoms with Gasteiger partial charge in [0.1, 0.15) is 11.5 Å². The Bertz CT molecular complexity index is 513. The molecule has 6 nitrogen and oxygen atoms in total. The maximum Gasteiger partial charge on any atom is 0.207 e. The van der Waals surface area contributed by atoms with Crippen molar-refractivity contribution < 1.29 is 9.47 Å². The van der Waals surface area contributed by atoms with Gasteiger partial charge in [-0.2, -0.15) is 0 Å². The molecule has 0 spiro atoms. The van der Waals surface area contributed by atoms with Gasteiger partial charge >= 0.3 is 0 Å². The highest BCUT2D eigenvalue weighted by molar-refractivity contribution is 5.65. The summed E-state index contributed by atoms with van der Waals surface area (Å²) in [6.07, 6.45) is 0. The second kappa shape index (κ2) is 4.73. The number of aromatic nitrogens is 4. The lowest BCUT2D eigenvalue weighted by molar-refractivity contribution is 0.404. The zero-order valence-corrected chi connectivity index (χ0v) is 9.84. The van der Waals surface area contributed by atoms with E-state index in [1.807, 2.05) is 0 Å². The topological polar surface area (TPSA) is 70.0 Å². The highest BCUT2D eigenvalue weighted by Gasteiger charge is 2.11. The van der Waals surface area contributed by atoms with Gasteiger partial charge in [-0.15, -0.1) is 20.4 Å². The minimum absolute atomic E-state index is 0.409. The molecule has 88 valence electrons. The summed E-state index contributed by atoms with van der Waals surface area (Å²) in [6.45, 7) is 1.73. The summed E-state index contributed by atoms with van der Waals surface area (Å²) in [5, 5.41) is 15.7. The minimum atomic E-state index is 0.409. The number of methoxy groups -OCH3 is 2. The van der Waals surface area contributed by atoms with Crippen molar-refractivity contribution in [2.45, 2.75) is 6.92 Å². The molecule has 0 unspecified atom stereocenters. The van der Waals surface area contributed by atoms with E-state index in [0.717, 1.165) is 0 Å². The van der Waals surface area contributed by atoms with Crippen LogP contribution in [0.4, 0.5) is 0 Å². The van der Waals surface area contributed by atoms with Gasteiger partial charge in [0.25, 0.3) is 0 Å². The van der Waals surface area contributed by atoms with E-state index >= 15 is 0 Å². The Morgan fingerprint density at radius 2 is 1.65 bits per heavy atom. The molecule has 1 aromatic carbocycles. The van der Waals surface area contributed by atoms with Crippen LogP contribution in [-0.2, 0) is 0 Å². The molecule has 6 heteroatoms. The Labute approximate surface area is 98.6 Å². The first-order valence-electron chi connectivity index (χ1n) is 5.01. The summed E-state index contributed by atoms with van der Waals surface area (Å²) in [6, 6.07) is 5.38. The summed E-state index contributed by atoms with van der Waals surface area (Å²) in [4.78, 5) is 0. The molecule has 0 aliphatic rings. The van der Waals surface area contributed by atoms with Crippen LogP contribution in [0, 0.1) is 6.92 Å². The lowest BCUT2D eigenvalue weighted by Gasteiger charge is -2.08. The molecule has 17 heavy (non-hydrogen) atoms. The highest BCUT2D eigenvalue weighted by Crippen LogP contribution is 2.30. The van der Waals surface area contributed by atoms with Gasteiger partial charge in [-0.3, -0.25) is 0 Å². The second-order valence-electron chi connectivity index (χ2n) is 3.34. The molecule has 0 saturated carbocycles. The zero-order valence-electron chi connectivity index (χ0n) is 9.84. The van der Waals surface area contributed by atoms with Crippen LogP contribution in [0.2, 0.25) is 0 Å². The molecule has 1 heterocycles. The first-order valence-corrected chi connectivity index (χ1v) is 5.01. The lowest BCUT2D eigenvalue weighted by atomic mass is 10.2. The van der Waals surface area contributed by atoms with Crippen molar-refractivity contribution in [2.24, 2.45) is 0 Å². The SMILES string of the molecule is COc1ccc(OC)c(-c2nnc(C)nn2)c1. The van der Waals surface area contributed by atoms with Crippen LogP contribution in [0.25, 0.3) is 11.4 Å². The van der Waals surface area contributed by atoms with E-state index in [1.165, 1.54) is 0 Å². The average molecular weight is 232 g/mol. The van der Waals surface area contributed by atoms with Gasteiger partial charge in [0.05, 0.1) is 19.8 Å². The van der Waals surface area contributed by atoms with Gasteiger partial charge in [0, 0.05) is 0 Å². The molecule has 0 aliphatic heterocycles. The van der Waals surface area contributed by atoms with Crippen molar-refractivity contribution >= 4 is 0 Å². The number of hydrogen-bond donors (Lipinski definition) is 0. The molecule has 0 radical (unpaired) electrons. The van der Waals surface area contributed by atoms with E-state index in [4.69, 9.17) is 9.47 Å². The van der Waals surface area contributed by atoms with Crippen molar-refractivity contribution in [3.63, 3.8) is 0 Å². The van der Waals surface area contributed by atoms with Gasteiger partial charge in [0.2, 0.25) is 5.82 Å². The van der Waals surface area contributed by atoms with Crippen LogP contribution >= 0.6 is 0 Å². The number of hydrogen-bond acceptors (Lipinski definition) is 6. The maximum absolute atomic E-state index is 5.24. The fourth-order valence-corrected chi connectivity index (χ4v) is 1.38. The van der Waals surface area contributed by atoms with Gasteiger partial charge < -0.3 is 9.47 Å². The van der Waals surface area contributed by atoms with E-state index in [1.54, 1.807) is 39.3 Å². The van der Waals surface area contributed by atoms with Crippen molar-refractivity contribution in [3.8, 4) is 22.9 Å². The molecule has 0 fully saturated rings. The minimum Gasteiger partial charge on any atom is -0.497 e. The third-order valence-electron chi connectivity index (χ3n) is 2.23. The second-order valence-corrected chi connectivity index (χ2v) is 3.34. The molecule has 0 amide bonds. The fourth-order valence-electron chi connectivity index (χ4n) is 1.38. The summed E-state index contributed by atoms with van der Waals surface area (Å²) in [5.74, 6) is 2.28. The van der Waals surface area contributed by atoms with Gasteiger partial charge in [-0.05, 0) is 25.1 Å². The normalized spacial score (nSPS) is 10.1. The summed E-state index contributed by atoms with van der Waals surface area (Å²) in [7, 11) is 3.18. The molecule has 0 saturated heterocycles. The highest BCUT2D eigenvalue weighted by atomic mass is 16.5. The van der Waals surface area contributed by atoms with Crippen LogP contribution in [0.1, 0.15) is 5.82 Å². The third kappa shape index (κ3) is 2.30.